The maximum Gasteiger partial charge on any atom is 0.151 e. The number of hydrogen-bond donors (Lipinski definition) is 0. The van der Waals surface area contributed by atoms with E-state index in [1.807, 2.05) is 43.3 Å². The molecule has 0 amide bonds. The van der Waals surface area contributed by atoms with Crippen molar-refractivity contribution in [1.29, 1.82) is 0 Å². The standard InChI is InChI=1S/C19H25N5O2/c1-2-26-21-16-17-5-7-18(8-6-17)25-15-14-23-10-12-24(13-11-23)19-4-3-9-20-22-19/h3-9,16H,2,10-15H2,1H3. The van der Waals surface area contributed by atoms with E-state index in [1.54, 1.807) is 12.4 Å². The van der Waals surface area contributed by atoms with E-state index in [-0.39, 0.29) is 0 Å². The van der Waals surface area contributed by atoms with Crippen molar-refractivity contribution in [2.75, 3.05) is 50.8 Å². The van der Waals surface area contributed by atoms with Crippen LogP contribution in [0.3, 0.4) is 0 Å². The summed E-state index contributed by atoms with van der Waals surface area (Å²) in [6.07, 6.45) is 3.40. The molecular formula is C19H25N5O2. The van der Waals surface area contributed by atoms with E-state index in [9.17, 15) is 0 Å². The minimum Gasteiger partial charge on any atom is -0.492 e. The molecule has 7 heteroatoms. The molecule has 0 bridgehead atoms. The Morgan fingerprint density at radius 3 is 2.62 bits per heavy atom. The molecule has 3 rings (SSSR count). The molecule has 1 aliphatic heterocycles. The summed E-state index contributed by atoms with van der Waals surface area (Å²) in [5.41, 5.74) is 0.992. The van der Waals surface area contributed by atoms with Crippen LogP contribution in [0.5, 0.6) is 5.75 Å². The van der Waals surface area contributed by atoms with Crippen molar-refractivity contribution in [3.63, 3.8) is 0 Å². The molecule has 0 N–H and O–H groups in total. The molecule has 138 valence electrons. The average molecular weight is 355 g/mol. The first-order chi connectivity index (χ1) is 12.8. The van der Waals surface area contributed by atoms with E-state index in [1.165, 1.54) is 0 Å². The molecule has 0 radical (unpaired) electrons. The Balaban J connectivity index is 1.36. The number of piperazine rings is 1. The van der Waals surface area contributed by atoms with Gasteiger partial charge in [0.2, 0.25) is 0 Å². The van der Waals surface area contributed by atoms with E-state index in [2.05, 4.69) is 25.2 Å². The Morgan fingerprint density at radius 2 is 1.92 bits per heavy atom. The van der Waals surface area contributed by atoms with Crippen molar-refractivity contribution in [1.82, 2.24) is 15.1 Å². The van der Waals surface area contributed by atoms with Crippen molar-refractivity contribution >= 4 is 12.0 Å². The fourth-order valence-electron chi connectivity index (χ4n) is 2.78. The van der Waals surface area contributed by atoms with E-state index in [4.69, 9.17) is 9.57 Å². The second-order valence-corrected chi connectivity index (χ2v) is 5.98. The molecule has 2 heterocycles. The van der Waals surface area contributed by atoms with E-state index in [0.29, 0.717) is 13.2 Å². The number of nitrogens with zero attached hydrogens (tertiary/aromatic N) is 5. The molecule has 1 saturated heterocycles. The van der Waals surface area contributed by atoms with Crippen molar-refractivity contribution < 1.29 is 9.57 Å². The van der Waals surface area contributed by atoms with Gasteiger partial charge in [-0.05, 0) is 48.9 Å². The lowest BCUT2D eigenvalue weighted by Crippen LogP contribution is -2.47. The Hall–Kier alpha value is -2.67. The first kappa shape index (κ1) is 18.1. The van der Waals surface area contributed by atoms with Crippen LogP contribution >= 0.6 is 0 Å². The topological polar surface area (TPSA) is 63.1 Å². The Morgan fingerprint density at radius 1 is 1.12 bits per heavy atom. The number of anilines is 1. The Kier molecular flexibility index (Phi) is 6.78. The summed E-state index contributed by atoms with van der Waals surface area (Å²) in [6, 6.07) is 11.8. The zero-order chi connectivity index (χ0) is 18.0. The number of oxime groups is 1. The number of aromatic nitrogens is 2. The fraction of sp³-hybridized carbons (Fsp3) is 0.421. The van der Waals surface area contributed by atoms with E-state index < -0.39 is 0 Å². The largest absolute Gasteiger partial charge is 0.492 e. The lowest BCUT2D eigenvalue weighted by atomic mass is 10.2. The monoisotopic (exact) mass is 355 g/mol. The molecule has 1 aromatic heterocycles. The van der Waals surface area contributed by atoms with Gasteiger partial charge in [0, 0.05) is 38.9 Å². The minimum absolute atomic E-state index is 0.574. The van der Waals surface area contributed by atoms with E-state index >= 15 is 0 Å². The number of hydrogen-bond acceptors (Lipinski definition) is 7. The zero-order valence-electron chi connectivity index (χ0n) is 15.1. The van der Waals surface area contributed by atoms with Crippen LogP contribution < -0.4 is 9.64 Å². The van der Waals surface area contributed by atoms with Crippen molar-refractivity contribution in [2.24, 2.45) is 5.16 Å². The predicted molar refractivity (Wildman–Crippen MR) is 102 cm³/mol. The van der Waals surface area contributed by atoms with Crippen LogP contribution in [0, 0.1) is 0 Å². The van der Waals surface area contributed by atoms with Gasteiger partial charge < -0.3 is 14.5 Å². The van der Waals surface area contributed by atoms with Gasteiger partial charge in [0.05, 0.1) is 6.21 Å². The second-order valence-electron chi connectivity index (χ2n) is 5.98. The predicted octanol–water partition coefficient (Wildman–Crippen LogP) is 2.05. The first-order valence-corrected chi connectivity index (χ1v) is 8.98. The molecule has 1 aliphatic rings. The molecule has 26 heavy (non-hydrogen) atoms. The summed E-state index contributed by atoms with van der Waals surface area (Å²) >= 11 is 0. The minimum atomic E-state index is 0.574. The van der Waals surface area contributed by atoms with Crippen LogP contribution in [0.4, 0.5) is 5.82 Å². The first-order valence-electron chi connectivity index (χ1n) is 8.98. The highest BCUT2D eigenvalue weighted by Crippen LogP contribution is 2.13. The van der Waals surface area contributed by atoms with Crippen LogP contribution in [0.15, 0.2) is 47.8 Å². The molecule has 0 saturated carbocycles. The lowest BCUT2D eigenvalue weighted by molar-refractivity contribution is 0.160. The summed E-state index contributed by atoms with van der Waals surface area (Å²) in [5.74, 6) is 1.83. The third-order valence-corrected chi connectivity index (χ3v) is 4.22. The molecule has 0 unspecified atom stereocenters. The maximum atomic E-state index is 5.85. The van der Waals surface area contributed by atoms with Crippen molar-refractivity contribution in [3.8, 4) is 5.75 Å². The lowest BCUT2D eigenvalue weighted by Gasteiger charge is -2.34. The van der Waals surface area contributed by atoms with Crippen LogP contribution in [0.25, 0.3) is 0 Å². The third-order valence-electron chi connectivity index (χ3n) is 4.22. The highest BCUT2D eigenvalue weighted by Gasteiger charge is 2.17. The molecule has 0 atom stereocenters. The summed E-state index contributed by atoms with van der Waals surface area (Å²) in [4.78, 5) is 9.64. The number of ether oxygens (including phenoxy) is 1. The Bertz CT molecular complexity index is 670. The summed E-state index contributed by atoms with van der Waals surface area (Å²) in [7, 11) is 0. The smallest absolute Gasteiger partial charge is 0.151 e. The number of rotatable bonds is 8. The van der Waals surface area contributed by atoms with Gasteiger partial charge in [-0.2, -0.15) is 5.10 Å². The van der Waals surface area contributed by atoms with Gasteiger partial charge in [0.1, 0.15) is 19.0 Å². The molecule has 0 aliphatic carbocycles. The Labute approximate surface area is 154 Å². The van der Waals surface area contributed by atoms with Gasteiger partial charge in [-0.15, -0.1) is 5.10 Å². The van der Waals surface area contributed by atoms with Crippen molar-refractivity contribution in [3.05, 3.63) is 48.2 Å². The molecular weight excluding hydrogens is 330 g/mol. The highest BCUT2D eigenvalue weighted by molar-refractivity contribution is 5.79. The van der Waals surface area contributed by atoms with Gasteiger partial charge in [-0.3, -0.25) is 4.90 Å². The van der Waals surface area contributed by atoms with Crippen LogP contribution in [-0.2, 0) is 4.84 Å². The third kappa shape index (κ3) is 5.42. The van der Waals surface area contributed by atoms with Gasteiger partial charge in [-0.25, -0.2) is 0 Å². The average Bonchev–Trinajstić information content (AvgIpc) is 2.71. The second kappa shape index (κ2) is 9.72. The van der Waals surface area contributed by atoms with Gasteiger partial charge in [-0.1, -0.05) is 5.16 Å². The molecule has 1 aromatic carbocycles. The van der Waals surface area contributed by atoms with Crippen LogP contribution in [0.2, 0.25) is 0 Å². The normalized spacial score (nSPS) is 15.3. The number of benzene rings is 1. The maximum absolute atomic E-state index is 5.85. The fourth-order valence-corrected chi connectivity index (χ4v) is 2.78. The quantitative estimate of drug-likeness (QED) is 0.533. The SMILES string of the molecule is CCON=Cc1ccc(OCCN2CCN(c3cccnn3)CC2)cc1. The van der Waals surface area contributed by atoms with Gasteiger partial charge in [0.15, 0.2) is 5.82 Å². The summed E-state index contributed by atoms with van der Waals surface area (Å²) in [6.45, 7) is 8.02. The van der Waals surface area contributed by atoms with Gasteiger partial charge in [0.25, 0.3) is 0 Å². The summed E-state index contributed by atoms with van der Waals surface area (Å²) < 4.78 is 5.85. The summed E-state index contributed by atoms with van der Waals surface area (Å²) in [5, 5.41) is 12.0. The van der Waals surface area contributed by atoms with Crippen LogP contribution in [0.1, 0.15) is 12.5 Å². The highest BCUT2D eigenvalue weighted by atomic mass is 16.6. The molecule has 0 spiro atoms. The molecule has 2 aromatic rings. The van der Waals surface area contributed by atoms with Crippen molar-refractivity contribution in [2.45, 2.75) is 6.92 Å². The molecule has 7 nitrogen and oxygen atoms in total. The van der Waals surface area contributed by atoms with E-state index in [0.717, 1.165) is 49.9 Å². The zero-order valence-corrected chi connectivity index (χ0v) is 15.1. The van der Waals surface area contributed by atoms with Crippen LogP contribution in [-0.4, -0.2) is 67.2 Å². The molecule has 1 fully saturated rings. The van der Waals surface area contributed by atoms with Gasteiger partial charge >= 0.3 is 0 Å².